The number of nitrogens with zero attached hydrogens (tertiary/aromatic N) is 3. The lowest BCUT2D eigenvalue weighted by Gasteiger charge is -2.37. The number of rotatable bonds is 4. The third-order valence-corrected chi connectivity index (χ3v) is 4.73. The molecule has 2 atom stereocenters. The fourth-order valence-electron chi connectivity index (χ4n) is 3.04. The molecule has 2 rings (SSSR count). The van der Waals surface area contributed by atoms with Crippen LogP contribution in [-0.4, -0.2) is 42.0 Å². The smallest absolute Gasteiger partial charge is 0.193 e. The molecule has 2 unspecified atom stereocenters. The number of nitrogens with one attached hydrogen (secondary N) is 1. The molecule has 1 aromatic heterocycles. The second kappa shape index (κ2) is 7.78. The molecule has 0 saturated carbocycles. The first kappa shape index (κ1) is 16.3. The van der Waals surface area contributed by atoms with Gasteiger partial charge >= 0.3 is 0 Å². The Morgan fingerprint density at radius 2 is 2.14 bits per heavy atom. The second-order valence-corrected chi connectivity index (χ2v) is 7.52. The number of hydrogen-bond acceptors (Lipinski definition) is 3. The predicted molar refractivity (Wildman–Crippen MR) is 91.1 cm³/mol. The first-order chi connectivity index (χ1) is 10.1. The zero-order valence-electron chi connectivity index (χ0n) is 13.7. The van der Waals surface area contributed by atoms with Crippen LogP contribution in [0.3, 0.4) is 0 Å². The highest BCUT2D eigenvalue weighted by molar-refractivity contribution is 7.11. The van der Waals surface area contributed by atoms with Crippen molar-refractivity contribution in [1.82, 2.24) is 15.2 Å². The van der Waals surface area contributed by atoms with Gasteiger partial charge in [-0.2, -0.15) is 0 Å². The number of thiazole rings is 1. The van der Waals surface area contributed by atoms with Crippen LogP contribution in [0.5, 0.6) is 0 Å². The maximum absolute atomic E-state index is 4.81. The van der Waals surface area contributed by atoms with Crippen molar-refractivity contribution in [3.8, 4) is 0 Å². The average Bonchev–Trinajstić information content (AvgIpc) is 2.82. The summed E-state index contributed by atoms with van der Waals surface area (Å²) < 4.78 is 0. The van der Waals surface area contributed by atoms with E-state index in [1.54, 1.807) is 11.3 Å². The quantitative estimate of drug-likeness (QED) is 0.687. The van der Waals surface area contributed by atoms with E-state index in [0.29, 0.717) is 0 Å². The highest BCUT2D eigenvalue weighted by atomic mass is 32.1. The normalized spacial score (nSPS) is 23.4. The maximum Gasteiger partial charge on any atom is 0.193 e. The molecule has 1 fully saturated rings. The van der Waals surface area contributed by atoms with Gasteiger partial charge in [-0.1, -0.05) is 13.8 Å². The molecule has 0 aromatic carbocycles. The Labute approximate surface area is 132 Å². The second-order valence-electron chi connectivity index (χ2n) is 6.20. The molecule has 0 amide bonds. The van der Waals surface area contributed by atoms with E-state index in [2.05, 4.69) is 42.9 Å². The summed E-state index contributed by atoms with van der Waals surface area (Å²) in [6.45, 7) is 12.9. The lowest BCUT2D eigenvalue weighted by Crippen LogP contribution is -2.48. The molecule has 1 N–H and O–H groups in total. The molecule has 1 aromatic rings. The fraction of sp³-hybridized carbons (Fsp3) is 0.750. The highest BCUT2D eigenvalue weighted by Crippen LogP contribution is 2.21. The third kappa shape index (κ3) is 4.99. The molecular weight excluding hydrogens is 280 g/mol. The van der Waals surface area contributed by atoms with Gasteiger partial charge in [0.1, 0.15) is 0 Å². The highest BCUT2D eigenvalue weighted by Gasteiger charge is 2.23. The largest absolute Gasteiger partial charge is 0.357 e. The minimum absolute atomic E-state index is 0.749. The molecule has 118 valence electrons. The molecule has 21 heavy (non-hydrogen) atoms. The van der Waals surface area contributed by atoms with Gasteiger partial charge in [-0.25, -0.2) is 4.98 Å². The minimum Gasteiger partial charge on any atom is -0.357 e. The standard InChI is InChI=1S/C16H28N4S/c1-5-17-16(20-10-12(2)8-13(3)11-20)18-7-6-15-19-9-14(4)21-15/h9,12-13H,5-8,10-11H2,1-4H3,(H,17,18). The third-order valence-electron chi connectivity index (χ3n) is 3.76. The van der Waals surface area contributed by atoms with Crippen LogP contribution in [0.25, 0.3) is 0 Å². The molecule has 0 bridgehead atoms. The van der Waals surface area contributed by atoms with Crippen molar-refractivity contribution < 1.29 is 0 Å². The van der Waals surface area contributed by atoms with Gasteiger partial charge in [0.05, 0.1) is 5.01 Å². The number of likely N-dealkylation sites (tertiary alicyclic amines) is 1. The van der Waals surface area contributed by atoms with Crippen LogP contribution < -0.4 is 5.32 Å². The van der Waals surface area contributed by atoms with Crippen molar-refractivity contribution in [3.05, 3.63) is 16.1 Å². The van der Waals surface area contributed by atoms with E-state index in [1.165, 1.54) is 16.3 Å². The molecule has 0 spiro atoms. The minimum atomic E-state index is 0.749. The van der Waals surface area contributed by atoms with E-state index in [4.69, 9.17) is 4.99 Å². The molecule has 0 radical (unpaired) electrons. The molecule has 0 aliphatic carbocycles. The number of aryl methyl sites for hydroxylation is 1. The van der Waals surface area contributed by atoms with Crippen molar-refractivity contribution in [3.63, 3.8) is 0 Å². The van der Waals surface area contributed by atoms with Gasteiger partial charge in [-0.15, -0.1) is 11.3 Å². The Morgan fingerprint density at radius 1 is 1.43 bits per heavy atom. The van der Waals surface area contributed by atoms with E-state index in [1.807, 2.05) is 6.20 Å². The molecule has 2 heterocycles. The summed E-state index contributed by atoms with van der Waals surface area (Å²) in [4.78, 5) is 12.9. The van der Waals surface area contributed by atoms with Gasteiger partial charge < -0.3 is 10.2 Å². The molecule has 4 nitrogen and oxygen atoms in total. The SMILES string of the molecule is CCNC(=NCCc1ncc(C)s1)N1CC(C)CC(C)C1. The van der Waals surface area contributed by atoms with E-state index < -0.39 is 0 Å². The van der Waals surface area contributed by atoms with E-state index in [0.717, 1.165) is 50.4 Å². The van der Waals surface area contributed by atoms with Gasteiger partial charge in [0.25, 0.3) is 0 Å². The summed E-state index contributed by atoms with van der Waals surface area (Å²) in [6.07, 6.45) is 4.21. The van der Waals surface area contributed by atoms with Crippen molar-refractivity contribution in [1.29, 1.82) is 0 Å². The zero-order valence-corrected chi connectivity index (χ0v) is 14.5. The summed E-state index contributed by atoms with van der Waals surface area (Å²) in [5.74, 6) is 2.57. The monoisotopic (exact) mass is 308 g/mol. The molecule has 1 saturated heterocycles. The van der Waals surface area contributed by atoms with Crippen LogP contribution in [0.2, 0.25) is 0 Å². The molecule has 5 heteroatoms. The summed E-state index contributed by atoms with van der Waals surface area (Å²) >= 11 is 1.77. The van der Waals surface area contributed by atoms with Gasteiger partial charge in [0.15, 0.2) is 5.96 Å². The fourth-order valence-corrected chi connectivity index (χ4v) is 3.81. The Balaban J connectivity index is 1.95. The predicted octanol–water partition coefficient (Wildman–Crippen LogP) is 2.94. The number of guanidine groups is 1. The van der Waals surface area contributed by atoms with Crippen LogP contribution >= 0.6 is 11.3 Å². The Kier molecular flexibility index (Phi) is 6.03. The molecule has 1 aliphatic rings. The lowest BCUT2D eigenvalue weighted by molar-refractivity contribution is 0.208. The maximum atomic E-state index is 4.81. The van der Waals surface area contributed by atoms with Gasteiger partial charge in [-0.05, 0) is 32.1 Å². The number of aliphatic imine (C=N–C) groups is 1. The lowest BCUT2D eigenvalue weighted by atomic mass is 9.92. The van der Waals surface area contributed by atoms with Crippen LogP contribution in [0.15, 0.2) is 11.2 Å². The Bertz CT molecular complexity index is 459. The van der Waals surface area contributed by atoms with Gasteiger partial charge in [0, 0.05) is 43.7 Å². The topological polar surface area (TPSA) is 40.5 Å². The van der Waals surface area contributed by atoms with Crippen LogP contribution in [-0.2, 0) is 6.42 Å². The number of aromatic nitrogens is 1. The Morgan fingerprint density at radius 3 is 2.71 bits per heavy atom. The van der Waals surface area contributed by atoms with E-state index in [9.17, 15) is 0 Å². The summed E-state index contributed by atoms with van der Waals surface area (Å²) in [5, 5.41) is 4.63. The first-order valence-electron chi connectivity index (χ1n) is 8.03. The van der Waals surface area contributed by atoms with Crippen molar-refractivity contribution in [2.75, 3.05) is 26.2 Å². The zero-order chi connectivity index (χ0) is 15.2. The van der Waals surface area contributed by atoms with Crippen molar-refractivity contribution in [2.45, 2.75) is 40.5 Å². The molecule has 1 aliphatic heterocycles. The van der Waals surface area contributed by atoms with Crippen molar-refractivity contribution in [2.24, 2.45) is 16.8 Å². The van der Waals surface area contributed by atoms with Crippen molar-refractivity contribution >= 4 is 17.3 Å². The number of piperidine rings is 1. The van der Waals surface area contributed by atoms with Gasteiger partial charge in [0.2, 0.25) is 0 Å². The summed E-state index contributed by atoms with van der Waals surface area (Å²) in [7, 11) is 0. The molecular formula is C16H28N4S. The van der Waals surface area contributed by atoms with Gasteiger partial charge in [-0.3, -0.25) is 4.99 Å². The first-order valence-corrected chi connectivity index (χ1v) is 8.84. The van der Waals surface area contributed by atoms with Crippen LogP contribution in [0.4, 0.5) is 0 Å². The van der Waals surface area contributed by atoms with Crippen LogP contribution in [0, 0.1) is 18.8 Å². The van der Waals surface area contributed by atoms with E-state index >= 15 is 0 Å². The Hall–Kier alpha value is -1.10. The summed E-state index contributed by atoms with van der Waals surface area (Å²) in [5.41, 5.74) is 0. The van der Waals surface area contributed by atoms with E-state index in [-0.39, 0.29) is 0 Å². The summed E-state index contributed by atoms with van der Waals surface area (Å²) in [6, 6.07) is 0. The van der Waals surface area contributed by atoms with Crippen LogP contribution in [0.1, 0.15) is 37.1 Å². The average molecular weight is 308 g/mol. The number of hydrogen-bond donors (Lipinski definition) is 1.